The second kappa shape index (κ2) is 5.02. The third-order valence-corrected chi connectivity index (χ3v) is 4.52. The average Bonchev–Trinajstić information content (AvgIpc) is 2.89. The molecular formula is C13H16N4S. The third-order valence-electron chi connectivity index (χ3n) is 3.33. The lowest BCUT2D eigenvalue weighted by Gasteiger charge is -2.24. The van der Waals surface area contributed by atoms with Crippen molar-refractivity contribution in [2.24, 2.45) is 0 Å². The first-order chi connectivity index (χ1) is 8.86. The molecule has 0 amide bonds. The number of nitrogens with zero attached hydrogens (tertiary/aromatic N) is 3. The maximum absolute atomic E-state index is 6.02. The number of nitrogen functional groups attached to an aromatic ring is 1. The fourth-order valence-corrected chi connectivity index (χ4v) is 3.50. The minimum Gasteiger partial charge on any atom is -0.398 e. The molecule has 0 aromatic carbocycles. The minimum atomic E-state index is 0.529. The van der Waals surface area contributed by atoms with Crippen molar-refractivity contribution in [2.45, 2.75) is 18.9 Å². The lowest BCUT2D eigenvalue weighted by molar-refractivity contribution is 0.503. The van der Waals surface area contributed by atoms with Gasteiger partial charge in [0.2, 0.25) is 0 Å². The summed E-state index contributed by atoms with van der Waals surface area (Å²) < 4.78 is 2.25. The van der Waals surface area contributed by atoms with Crippen LogP contribution in [0.3, 0.4) is 0 Å². The molecule has 5 heteroatoms. The Balaban J connectivity index is 1.98. The number of anilines is 1. The highest BCUT2D eigenvalue weighted by Crippen LogP contribution is 2.32. The van der Waals surface area contributed by atoms with E-state index < -0.39 is 0 Å². The summed E-state index contributed by atoms with van der Waals surface area (Å²) in [5.41, 5.74) is 8.84. The van der Waals surface area contributed by atoms with Gasteiger partial charge in [-0.15, -0.1) is 0 Å². The number of rotatable bonds is 2. The maximum Gasteiger partial charge on any atom is 0.0953 e. The van der Waals surface area contributed by atoms with E-state index in [1.807, 2.05) is 36.5 Å². The van der Waals surface area contributed by atoms with Crippen LogP contribution in [0.5, 0.6) is 0 Å². The zero-order chi connectivity index (χ0) is 12.4. The smallest absolute Gasteiger partial charge is 0.0953 e. The summed E-state index contributed by atoms with van der Waals surface area (Å²) in [6.45, 7) is 0. The average molecular weight is 260 g/mol. The van der Waals surface area contributed by atoms with E-state index in [0.717, 1.165) is 22.7 Å². The van der Waals surface area contributed by atoms with Crippen LogP contribution in [0.4, 0.5) is 5.69 Å². The molecule has 1 atom stereocenters. The first kappa shape index (κ1) is 11.6. The number of pyridine rings is 1. The summed E-state index contributed by atoms with van der Waals surface area (Å²) in [6.07, 6.45) is 9.83. The lowest BCUT2D eigenvalue weighted by atomic mass is 10.1. The van der Waals surface area contributed by atoms with E-state index in [2.05, 4.69) is 14.5 Å². The Morgan fingerprint density at radius 1 is 1.33 bits per heavy atom. The number of imidazole rings is 1. The molecule has 0 aliphatic carbocycles. The Bertz CT molecular complexity index is 531. The molecule has 2 aromatic heterocycles. The normalized spacial score (nSPS) is 19.9. The Morgan fingerprint density at radius 3 is 3.06 bits per heavy atom. The van der Waals surface area contributed by atoms with E-state index >= 15 is 0 Å². The molecule has 1 unspecified atom stereocenters. The molecular weight excluding hydrogens is 244 g/mol. The summed E-state index contributed by atoms with van der Waals surface area (Å²) >= 11 is 2.01. The molecule has 3 heterocycles. The highest BCUT2D eigenvalue weighted by atomic mass is 32.2. The Kier molecular flexibility index (Phi) is 3.23. The molecule has 1 aliphatic heterocycles. The van der Waals surface area contributed by atoms with Gasteiger partial charge >= 0.3 is 0 Å². The number of nitrogens with two attached hydrogens (primary N) is 1. The Labute approximate surface area is 111 Å². The van der Waals surface area contributed by atoms with Gasteiger partial charge < -0.3 is 10.3 Å². The SMILES string of the molecule is Nc1ccncc1-c1cncn1C1CCCSC1. The summed E-state index contributed by atoms with van der Waals surface area (Å²) in [6, 6.07) is 2.36. The summed E-state index contributed by atoms with van der Waals surface area (Å²) in [5, 5.41) is 0. The van der Waals surface area contributed by atoms with Crippen LogP contribution >= 0.6 is 11.8 Å². The van der Waals surface area contributed by atoms with Crippen molar-refractivity contribution in [1.82, 2.24) is 14.5 Å². The van der Waals surface area contributed by atoms with Crippen LogP contribution in [0.15, 0.2) is 31.0 Å². The predicted octanol–water partition coefficient (Wildman–Crippen LogP) is 2.60. The van der Waals surface area contributed by atoms with Crippen LogP contribution in [-0.2, 0) is 0 Å². The molecule has 4 nitrogen and oxygen atoms in total. The van der Waals surface area contributed by atoms with Gasteiger partial charge in [-0.05, 0) is 24.7 Å². The monoisotopic (exact) mass is 260 g/mol. The summed E-state index contributed by atoms with van der Waals surface area (Å²) in [4.78, 5) is 8.45. The number of aromatic nitrogens is 3. The number of hydrogen-bond acceptors (Lipinski definition) is 4. The van der Waals surface area contributed by atoms with Crippen LogP contribution in [-0.4, -0.2) is 26.0 Å². The van der Waals surface area contributed by atoms with Gasteiger partial charge in [0.1, 0.15) is 0 Å². The van der Waals surface area contributed by atoms with E-state index in [-0.39, 0.29) is 0 Å². The van der Waals surface area contributed by atoms with E-state index in [9.17, 15) is 0 Å². The Hall–Kier alpha value is -1.49. The lowest BCUT2D eigenvalue weighted by Crippen LogP contribution is -2.16. The van der Waals surface area contributed by atoms with Gasteiger partial charge in [-0.2, -0.15) is 11.8 Å². The number of thioether (sulfide) groups is 1. The van der Waals surface area contributed by atoms with Crippen molar-refractivity contribution < 1.29 is 0 Å². The first-order valence-corrected chi connectivity index (χ1v) is 7.31. The van der Waals surface area contributed by atoms with Gasteiger partial charge in [-0.1, -0.05) is 0 Å². The van der Waals surface area contributed by atoms with Crippen molar-refractivity contribution in [2.75, 3.05) is 17.2 Å². The maximum atomic E-state index is 6.02. The van der Waals surface area contributed by atoms with Crippen LogP contribution in [0, 0.1) is 0 Å². The van der Waals surface area contributed by atoms with Gasteiger partial charge in [0.25, 0.3) is 0 Å². The second-order valence-electron chi connectivity index (χ2n) is 4.52. The fraction of sp³-hybridized carbons (Fsp3) is 0.385. The molecule has 0 saturated carbocycles. The molecule has 2 aromatic rings. The van der Waals surface area contributed by atoms with Crippen LogP contribution in [0.2, 0.25) is 0 Å². The Morgan fingerprint density at radius 2 is 2.28 bits per heavy atom. The zero-order valence-corrected chi connectivity index (χ0v) is 10.9. The second-order valence-corrected chi connectivity index (χ2v) is 5.67. The predicted molar refractivity (Wildman–Crippen MR) is 75.5 cm³/mol. The minimum absolute atomic E-state index is 0.529. The summed E-state index contributed by atoms with van der Waals surface area (Å²) in [7, 11) is 0. The molecule has 1 saturated heterocycles. The van der Waals surface area contributed by atoms with Crippen LogP contribution < -0.4 is 5.73 Å². The van der Waals surface area contributed by atoms with Crippen molar-refractivity contribution in [3.63, 3.8) is 0 Å². The van der Waals surface area contributed by atoms with E-state index in [0.29, 0.717) is 6.04 Å². The van der Waals surface area contributed by atoms with Gasteiger partial charge in [0.15, 0.2) is 0 Å². The third kappa shape index (κ3) is 2.10. The fourth-order valence-electron chi connectivity index (χ4n) is 2.37. The first-order valence-electron chi connectivity index (χ1n) is 6.15. The molecule has 2 N–H and O–H groups in total. The van der Waals surface area contributed by atoms with Crippen molar-refractivity contribution >= 4 is 17.4 Å². The van der Waals surface area contributed by atoms with E-state index in [4.69, 9.17) is 5.73 Å². The van der Waals surface area contributed by atoms with Crippen LogP contribution in [0.1, 0.15) is 18.9 Å². The van der Waals surface area contributed by atoms with Gasteiger partial charge in [0.05, 0.1) is 18.2 Å². The van der Waals surface area contributed by atoms with E-state index in [1.54, 1.807) is 6.20 Å². The zero-order valence-electron chi connectivity index (χ0n) is 10.1. The molecule has 1 aliphatic rings. The van der Waals surface area contributed by atoms with Crippen LogP contribution in [0.25, 0.3) is 11.3 Å². The molecule has 3 rings (SSSR count). The van der Waals surface area contributed by atoms with E-state index in [1.165, 1.54) is 18.6 Å². The molecule has 0 spiro atoms. The highest BCUT2D eigenvalue weighted by molar-refractivity contribution is 7.99. The highest BCUT2D eigenvalue weighted by Gasteiger charge is 2.19. The standard InChI is InChI=1S/C13H16N4S/c14-12-3-4-15-6-11(12)13-7-16-9-17(13)10-2-1-5-18-8-10/h3-4,6-7,9-10H,1-2,5,8H2,(H2,14,15). The molecule has 1 fully saturated rings. The van der Waals surface area contributed by atoms with Gasteiger partial charge in [0, 0.05) is 35.4 Å². The van der Waals surface area contributed by atoms with Crippen molar-refractivity contribution in [3.8, 4) is 11.3 Å². The van der Waals surface area contributed by atoms with Gasteiger partial charge in [-0.3, -0.25) is 4.98 Å². The molecule has 18 heavy (non-hydrogen) atoms. The summed E-state index contributed by atoms with van der Waals surface area (Å²) in [5.74, 6) is 2.43. The van der Waals surface area contributed by atoms with Crippen molar-refractivity contribution in [1.29, 1.82) is 0 Å². The molecule has 0 bridgehead atoms. The van der Waals surface area contributed by atoms with Crippen molar-refractivity contribution in [3.05, 3.63) is 31.0 Å². The number of hydrogen-bond donors (Lipinski definition) is 1. The topological polar surface area (TPSA) is 56.7 Å². The quantitative estimate of drug-likeness (QED) is 0.901. The molecule has 0 radical (unpaired) electrons. The van der Waals surface area contributed by atoms with Gasteiger partial charge in [-0.25, -0.2) is 4.98 Å². The molecule has 94 valence electrons. The largest absolute Gasteiger partial charge is 0.398 e.